The summed E-state index contributed by atoms with van der Waals surface area (Å²) >= 11 is 2.35. The minimum absolute atomic E-state index is 0.00496. The number of ketones is 1. The lowest BCUT2D eigenvalue weighted by Crippen LogP contribution is -2.62. The number of esters is 1. The number of anilines is 3. The van der Waals surface area contributed by atoms with Crippen LogP contribution in [-0.2, 0) is 49.7 Å². The van der Waals surface area contributed by atoms with Crippen molar-refractivity contribution < 1.29 is 38.2 Å². The standard InChI is InChI=1S/C52H56N10O7S2/c1-7-27-54-50(66)55-40-30-61(60(5)45(40)57-52(35-17-11-8-12-18-35,36-19-13-9-14-20-36)37-21-15-10-16-22-37)29-34-32-70-47-39(28-41(63)42(58-69-51(2,3)4)44-56-49(53)71-59-44)46(64)62(47)43(34)48(65)68-31-33-23-25-38(67-6)26-24-33/h8-26,30,39,47H,7,27-29,31-32H2,1-6H3,(H4,53,54,55,56,59,66)/p+1/b58-42+/t39-,47-/m1/s1. The van der Waals surface area contributed by atoms with Crippen molar-refractivity contribution in [3.05, 3.63) is 161 Å². The van der Waals surface area contributed by atoms with Crippen LogP contribution in [0.3, 0.4) is 0 Å². The molecule has 1 saturated heterocycles. The summed E-state index contributed by atoms with van der Waals surface area (Å²) in [6, 6.07) is 37.0. The fraction of sp³-hybridized carbons (Fsp3) is 0.308. The molecule has 0 radical (unpaired) electrons. The molecule has 4 heterocycles. The Morgan fingerprint density at radius 1 is 0.915 bits per heavy atom. The fourth-order valence-electron chi connectivity index (χ4n) is 8.44. The van der Waals surface area contributed by atoms with Crippen molar-refractivity contribution in [2.75, 3.05) is 35.8 Å². The number of methoxy groups -OCH3 is 1. The van der Waals surface area contributed by atoms with Gasteiger partial charge < -0.3 is 30.7 Å². The van der Waals surface area contributed by atoms with E-state index in [9.17, 15) is 19.2 Å². The van der Waals surface area contributed by atoms with Crippen LogP contribution in [-0.4, -0.2) is 78.7 Å². The number of thioether (sulfide) groups is 1. The summed E-state index contributed by atoms with van der Waals surface area (Å²) in [4.78, 5) is 67.9. The van der Waals surface area contributed by atoms with E-state index in [1.54, 1.807) is 52.1 Å². The molecule has 0 spiro atoms. The van der Waals surface area contributed by atoms with E-state index in [1.165, 1.54) is 16.7 Å². The Morgan fingerprint density at radius 3 is 2.08 bits per heavy atom. The Labute approximate surface area is 420 Å². The number of carbonyl (C=O) groups is 4. The van der Waals surface area contributed by atoms with Crippen LogP contribution >= 0.6 is 23.3 Å². The second-order valence-corrected chi connectivity index (χ2v) is 19.9. The molecular formula is C52H57N10O7S2+. The number of aromatic nitrogens is 4. The molecule has 0 saturated carbocycles. The summed E-state index contributed by atoms with van der Waals surface area (Å²) in [5, 5.41) is 13.6. The van der Waals surface area contributed by atoms with Gasteiger partial charge in [0.15, 0.2) is 34.7 Å². The largest absolute Gasteiger partial charge is 0.497 e. The first kappa shape index (κ1) is 49.9. The molecule has 3 amide bonds. The number of nitrogens with zero attached hydrogens (tertiary/aromatic N) is 6. The van der Waals surface area contributed by atoms with E-state index in [-0.39, 0.29) is 41.9 Å². The minimum Gasteiger partial charge on any atom is -0.497 e. The maximum Gasteiger partial charge on any atom is 0.355 e. The van der Waals surface area contributed by atoms with Gasteiger partial charge in [0, 0.05) is 35.8 Å². The topological polar surface area (TPSA) is 208 Å². The number of Topliss-reactive ketones (excluding diaryl/α,β-unsaturated/α-hetero) is 1. The molecule has 6 aromatic rings. The Bertz CT molecular complexity index is 2840. The zero-order valence-electron chi connectivity index (χ0n) is 40.4. The first-order valence-corrected chi connectivity index (χ1v) is 25.0. The number of ether oxygens (including phenoxy) is 2. The third-order valence-electron chi connectivity index (χ3n) is 11.9. The first-order chi connectivity index (χ1) is 34.2. The molecule has 5 N–H and O–H groups in total. The highest BCUT2D eigenvalue weighted by Crippen LogP contribution is 2.46. The maximum atomic E-state index is 14.6. The summed E-state index contributed by atoms with van der Waals surface area (Å²) in [6.07, 6.45) is 2.30. The number of urea groups is 1. The monoisotopic (exact) mass is 997 g/mol. The molecule has 2 aliphatic rings. The molecule has 1 fully saturated rings. The molecule has 0 aliphatic carbocycles. The molecule has 2 atom stereocenters. The van der Waals surface area contributed by atoms with Crippen molar-refractivity contribution in [3.8, 4) is 5.75 Å². The summed E-state index contributed by atoms with van der Waals surface area (Å²) in [5.41, 5.74) is 8.70. The lowest BCUT2D eigenvalue weighted by molar-refractivity contribution is -0.765. The predicted octanol–water partition coefficient (Wildman–Crippen LogP) is 7.40. The van der Waals surface area contributed by atoms with Gasteiger partial charge in [0.2, 0.25) is 17.9 Å². The molecule has 0 bridgehead atoms. The number of amides is 3. The van der Waals surface area contributed by atoms with Crippen molar-refractivity contribution in [2.24, 2.45) is 18.1 Å². The fourth-order valence-corrected chi connectivity index (χ4v) is 10.3. The number of benzene rings is 4. The Balaban J connectivity index is 1.19. The number of nitrogens with two attached hydrogens (primary N) is 1. The van der Waals surface area contributed by atoms with E-state index < -0.39 is 46.1 Å². The number of oxime groups is 1. The molecule has 4 aromatic carbocycles. The molecule has 8 rings (SSSR count). The average molecular weight is 998 g/mol. The van der Waals surface area contributed by atoms with Gasteiger partial charge in [0.25, 0.3) is 0 Å². The summed E-state index contributed by atoms with van der Waals surface area (Å²) in [6.45, 7) is 7.82. The summed E-state index contributed by atoms with van der Waals surface area (Å²) in [5.74, 6) is -0.950. The minimum atomic E-state index is -0.976. The highest BCUT2D eigenvalue weighted by Gasteiger charge is 2.55. The van der Waals surface area contributed by atoms with Crippen LogP contribution in [0, 0.1) is 5.92 Å². The molecule has 71 heavy (non-hydrogen) atoms. The van der Waals surface area contributed by atoms with Crippen LogP contribution in [0.4, 0.5) is 21.4 Å². The lowest BCUT2D eigenvalue weighted by atomic mass is 9.77. The first-order valence-electron chi connectivity index (χ1n) is 23.2. The van der Waals surface area contributed by atoms with Gasteiger partial charge in [-0.05, 0) is 61.6 Å². The highest BCUT2D eigenvalue weighted by molar-refractivity contribution is 8.00. The van der Waals surface area contributed by atoms with E-state index in [0.29, 0.717) is 40.7 Å². The van der Waals surface area contributed by atoms with Crippen LogP contribution in [0.15, 0.2) is 138 Å². The second-order valence-electron chi connectivity index (χ2n) is 18.0. The Morgan fingerprint density at radius 2 is 1.54 bits per heavy atom. The smallest absolute Gasteiger partial charge is 0.355 e. The predicted molar refractivity (Wildman–Crippen MR) is 273 cm³/mol. The number of nitrogen functional groups attached to an aromatic ring is 1. The van der Waals surface area contributed by atoms with Gasteiger partial charge in [-0.1, -0.05) is 115 Å². The van der Waals surface area contributed by atoms with Gasteiger partial charge in [-0.15, -0.1) is 21.1 Å². The van der Waals surface area contributed by atoms with Crippen LogP contribution in [0.25, 0.3) is 0 Å². The third-order valence-corrected chi connectivity index (χ3v) is 13.9. The molecule has 17 nitrogen and oxygen atoms in total. The van der Waals surface area contributed by atoms with E-state index in [1.807, 2.05) is 84.1 Å². The molecule has 19 heteroatoms. The molecule has 0 unspecified atom stereocenters. The number of nitrogens with one attached hydrogen (secondary N) is 3. The van der Waals surface area contributed by atoms with Gasteiger partial charge in [-0.3, -0.25) is 19.8 Å². The number of β-lactam (4-membered cyclic amide) rings is 1. The van der Waals surface area contributed by atoms with E-state index in [0.717, 1.165) is 34.6 Å². The van der Waals surface area contributed by atoms with Crippen molar-refractivity contribution in [2.45, 2.75) is 70.2 Å². The Hall–Kier alpha value is -7.51. The molecule has 2 aliphatic heterocycles. The van der Waals surface area contributed by atoms with Gasteiger partial charge in [0.1, 0.15) is 29.2 Å². The quantitative estimate of drug-likeness (QED) is 0.0156. The van der Waals surface area contributed by atoms with E-state index in [4.69, 9.17) is 20.0 Å². The maximum absolute atomic E-state index is 14.6. The number of fused-ring (bicyclic) bond motifs is 1. The zero-order valence-corrected chi connectivity index (χ0v) is 42.0. The normalized spacial score (nSPS) is 15.9. The molecule has 2 aromatic heterocycles. The average Bonchev–Trinajstić information content (AvgIpc) is 3.93. The van der Waals surface area contributed by atoms with Crippen LogP contribution in [0.1, 0.15) is 68.6 Å². The van der Waals surface area contributed by atoms with Crippen molar-refractivity contribution in [1.82, 2.24) is 24.3 Å². The van der Waals surface area contributed by atoms with Gasteiger partial charge in [-0.25, -0.2) is 9.59 Å². The second kappa shape index (κ2) is 21.6. The highest BCUT2D eigenvalue weighted by atomic mass is 32.2. The number of carbonyl (C=O) groups excluding carboxylic acids is 4. The Kier molecular flexibility index (Phi) is 15.2. The number of rotatable bonds is 19. The van der Waals surface area contributed by atoms with E-state index in [2.05, 4.69) is 66.9 Å². The van der Waals surface area contributed by atoms with Gasteiger partial charge in [0.05, 0.1) is 25.4 Å². The van der Waals surface area contributed by atoms with Crippen molar-refractivity contribution >= 4 is 69.3 Å². The number of hydrogen-bond donors (Lipinski definition) is 4. The number of hydrogen-bond acceptors (Lipinski definition) is 14. The van der Waals surface area contributed by atoms with Crippen LogP contribution in [0.2, 0.25) is 0 Å². The SMILES string of the molecule is CCCNC(=O)Nc1c[n+](CC2=C(C(=O)OCc3ccc(OC)cc3)N3C(=O)[C@@H](CC(=O)/C(=N\OC(C)(C)C)c4nsc(N)n4)[C@H]3SC2)n(C)c1NC(c1ccccc1)(c1ccccc1)c1ccccc1. The van der Waals surface area contributed by atoms with Crippen molar-refractivity contribution in [3.63, 3.8) is 0 Å². The van der Waals surface area contributed by atoms with Crippen molar-refractivity contribution in [1.29, 1.82) is 0 Å². The van der Waals surface area contributed by atoms with Crippen LogP contribution in [0.5, 0.6) is 5.75 Å². The van der Waals surface area contributed by atoms with E-state index >= 15 is 0 Å². The van der Waals surface area contributed by atoms with Crippen LogP contribution < -0.4 is 31.1 Å². The lowest BCUT2D eigenvalue weighted by Gasteiger charge is -2.49. The summed E-state index contributed by atoms with van der Waals surface area (Å²) < 4.78 is 19.3. The molecular weight excluding hydrogens is 941 g/mol. The third kappa shape index (κ3) is 11.0. The molecule has 368 valence electrons. The van der Waals surface area contributed by atoms with Gasteiger partial charge in [-0.2, -0.15) is 9.36 Å². The van der Waals surface area contributed by atoms with Gasteiger partial charge >= 0.3 is 12.0 Å². The zero-order chi connectivity index (χ0) is 50.3. The summed E-state index contributed by atoms with van der Waals surface area (Å²) in [7, 11) is 3.44.